The predicted octanol–water partition coefficient (Wildman–Crippen LogP) is 2.94. The fourth-order valence-corrected chi connectivity index (χ4v) is 4.89. The normalized spacial score (nSPS) is 10.0. The van der Waals surface area contributed by atoms with Crippen LogP contribution in [-0.4, -0.2) is 0 Å². The molecule has 3 rings (SSSR count). The van der Waals surface area contributed by atoms with E-state index < -0.39 is 25.8 Å². The summed E-state index contributed by atoms with van der Waals surface area (Å²) >= 11 is -1.55. The molecule has 0 atom stereocenters. The topological polar surface area (TPSA) is 34.1 Å². The van der Waals surface area contributed by atoms with Gasteiger partial charge in [0, 0.05) is 0 Å². The molecular formula is C18H16O2PPd+. The van der Waals surface area contributed by atoms with Crippen LogP contribution >= 0.6 is 7.92 Å². The molecule has 0 spiro atoms. The minimum Gasteiger partial charge on any atom is -0.0620 e. The van der Waals surface area contributed by atoms with E-state index in [9.17, 15) is 0 Å². The minimum absolute atomic E-state index is 0.877. The van der Waals surface area contributed by atoms with Crippen LogP contribution in [0.25, 0.3) is 0 Å². The van der Waals surface area contributed by atoms with Gasteiger partial charge in [-0.05, 0) is 36.4 Å². The zero-order valence-corrected chi connectivity index (χ0v) is 14.3. The molecule has 3 aromatic carbocycles. The summed E-state index contributed by atoms with van der Waals surface area (Å²) in [6.45, 7) is 0. The Morgan fingerprint density at radius 1 is 0.500 bits per heavy atom. The Morgan fingerprint density at radius 2 is 0.727 bits per heavy atom. The summed E-state index contributed by atoms with van der Waals surface area (Å²) < 4.78 is 16.8. The summed E-state index contributed by atoms with van der Waals surface area (Å²) in [4.78, 5) is 0. The smallest absolute Gasteiger partial charge is 0.0620 e. The van der Waals surface area contributed by atoms with Crippen molar-refractivity contribution in [3.8, 4) is 0 Å². The van der Waals surface area contributed by atoms with Gasteiger partial charge in [-0.1, -0.05) is 54.6 Å². The molecule has 0 N–H and O–H groups in total. The molecule has 0 saturated heterocycles. The minimum atomic E-state index is -1.55. The summed E-state index contributed by atoms with van der Waals surface area (Å²) in [5.74, 6) is 0. The van der Waals surface area contributed by atoms with Gasteiger partial charge in [0.15, 0.2) is 0 Å². The van der Waals surface area contributed by atoms with E-state index in [1.807, 2.05) is 0 Å². The Labute approximate surface area is 139 Å². The monoisotopic (exact) mass is 401 g/mol. The van der Waals surface area contributed by atoms with Crippen molar-refractivity contribution in [1.29, 1.82) is 0 Å². The van der Waals surface area contributed by atoms with Gasteiger partial charge in [0.25, 0.3) is 0 Å². The van der Waals surface area contributed by atoms with Gasteiger partial charge in [0.05, 0.1) is 7.92 Å². The van der Waals surface area contributed by atoms with Crippen molar-refractivity contribution < 1.29 is 24.8 Å². The Hall–Kier alpha value is -1.65. The van der Waals surface area contributed by atoms with Gasteiger partial charge < -0.3 is 0 Å². The molecular weight excluding hydrogens is 386 g/mol. The molecule has 114 valence electrons. The predicted molar refractivity (Wildman–Crippen MR) is 87.9 cm³/mol. The van der Waals surface area contributed by atoms with Crippen LogP contribution in [0.15, 0.2) is 91.0 Å². The third kappa shape index (κ3) is 4.68. The molecule has 22 heavy (non-hydrogen) atoms. The molecule has 0 heterocycles. The Kier molecular flexibility index (Phi) is 7.13. The molecule has 0 aliphatic rings. The van der Waals surface area contributed by atoms with Gasteiger partial charge in [-0.25, -0.2) is 0 Å². The van der Waals surface area contributed by atoms with E-state index >= 15 is 0 Å². The Balaban J connectivity index is 0.000000545. The van der Waals surface area contributed by atoms with E-state index in [0.717, 1.165) is 0 Å². The fourth-order valence-electron chi connectivity index (χ4n) is 2.31. The third-order valence-corrected chi connectivity index (χ3v) is 5.92. The molecule has 0 bridgehead atoms. The van der Waals surface area contributed by atoms with E-state index in [-0.39, 0.29) is 0 Å². The summed E-state index contributed by atoms with van der Waals surface area (Å²) in [6, 6.07) is 32.5. The molecule has 2 nitrogen and oxygen atoms in total. The number of rotatable bonds is 3. The van der Waals surface area contributed by atoms with E-state index in [1.54, 1.807) is 0 Å². The molecule has 0 fully saturated rings. The quantitative estimate of drug-likeness (QED) is 0.499. The summed E-state index contributed by atoms with van der Waals surface area (Å²) in [6.07, 6.45) is 0. The van der Waals surface area contributed by atoms with Crippen LogP contribution in [-0.2, 0) is 24.8 Å². The van der Waals surface area contributed by atoms with Crippen molar-refractivity contribution in [3.05, 3.63) is 91.0 Å². The number of hydrogen-bond acceptors (Lipinski definition) is 2. The van der Waals surface area contributed by atoms with Crippen LogP contribution in [0.3, 0.4) is 0 Å². The molecule has 0 radical (unpaired) electrons. The second-order valence-corrected chi connectivity index (χ2v) is 7.27. The first-order valence-electron chi connectivity index (χ1n) is 6.74. The van der Waals surface area contributed by atoms with Crippen LogP contribution in [0.5, 0.6) is 0 Å². The first kappa shape index (κ1) is 16.7. The van der Waals surface area contributed by atoms with Crippen LogP contribution in [0.4, 0.5) is 0 Å². The van der Waals surface area contributed by atoms with E-state index in [0.29, 0.717) is 0 Å². The molecule has 0 amide bonds. The fraction of sp³-hybridized carbons (Fsp3) is 0. The number of hydrogen-bond donors (Lipinski definition) is 0. The van der Waals surface area contributed by atoms with Crippen molar-refractivity contribution in [2.45, 2.75) is 0 Å². The second kappa shape index (κ2) is 9.39. The van der Waals surface area contributed by atoms with Gasteiger partial charge in [-0.2, -0.15) is 0 Å². The third-order valence-electron chi connectivity index (χ3n) is 3.19. The van der Waals surface area contributed by atoms with Crippen molar-refractivity contribution in [2.24, 2.45) is 0 Å². The first-order valence-corrected chi connectivity index (χ1v) is 9.51. The van der Waals surface area contributed by atoms with E-state index in [4.69, 9.17) is 6.94 Å². The standard InChI is InChI=1S/C18H15P.2O.Pd/c1-4-10-16(11-5-1)19(17-12-6-2-7-13-17)18-14-8-3-9-15-18;;;/h1-15H;;;/p+1. The van der Waals surface area contributed by atoms with Crippen LogP contribution in [0.1, 0.15) is 0 Å². The molecule has 3 aromatic rings. The maximum absolute atomic E-state index is 8.43. The first-order chi connectivity index (χ1) is 10.9. The Morgan fingerprint density at radius 3 is 0.955 bits per heavy atom. The molecule has 0 unspecified atom stereocenters. The second-order valence-electron chi connectivity index (χ2n) is 4.53. The molecule has 0 aromatic heterocycles. The maximum atomic E-state index is 8.43. The van der Waals surface area contributed by atoms with Crippen LogP contribution in [0.2, 0.25) is 0 Å². The number of benzene rings is 3. The summed E-state index contributed by atoms with van der Waals surface area (Å²) in [7, 11) is -0.877. The largest absolute Gasteiger partial charge is 0.102 e. The zero-order chi connectivity index (χ0) is 15.6. The molecule has 4 heteroatoms. The Bertz CT molecular complexity index is 618. The zero-order valence-electron chi connectivity index (χ0n) is 11.8. The summed E-state index contributed by atoms with van der Waals surface area (Å²) in [5, 5.41) is 4.31. The SMILES string of the molecule is [O]=[Pd]=[O].c1ccc([PH+](c2ccccc2)c2ccccc2)cc1. The van der Waals surface area contributed by atoms with Gasteiger partial charge >= 0.3 is 24.8 Å². The van der Waals surface area contributed by atoms with Crippen LogP contribution < -0.4 is 15.9 Å². The van der Waals surface area contributed by atoms with Gasteiger partial charge in [0.1, 0.15) is 15.9 Å². The van der Waals surface area contributed by atoms with E-state index in [2.05, 4.69) is 91.0 Å². The van der Waals surface area contributed by atoms with Crippen LogP contribution in [0, 0.1) is 0 Å². The summed E-state index contributed by atoms with van der Waals surface area (Å²) in [5.41, 5.74) is 0. The molecule has 0 aliphatic heterocycles. The van der Waals surface area contributed by atoms with Crippen molar-refractivity contribution in [1.82, 2.24) is 0 Å². The average Bonchev–Trinajstić information content (AvgIpc) is 2.59. The van der Waals surface area contributed by atoms with Crippen molar-refractivity contribution in [3.63, 3.8) is 0 Å². The average molecular weight is 402 g/mol. The van der Waals surface area contributed by atoms with Gasteiger partial charge in [-0.3, -0.25) is 0 Å². The van der Waals surface area contributed by atoms with E-state index in [1.165, 1.54) is 15.9 Å². The van der Waals surface area contributed by atoms with Gasteiger partial charge in [-0.15, -0.1) is 0 Å². The molecule has 0 aliphatic carbocycles. The van der Waals surface area contributed by atoms with Crippen molar-refractivity contribution in [2.75, 3.05) is 0 Å². The molecule has 0 saturated carbocycles. The maximum Gasteiger partial charge on any atom is 0.102 e. The van der Waals surface area contributed by atoms with Crippen molar-refractivity contribution >= 4 is 23.8 Å². The van der Waals surface area contributed by atoms with Gasteiger partial charge in [0.2, 0.25) is 0 Å².